The molecule has 2 N–H and O–H groups in total. The SMILES string of the molecule is COCC(C)CNc1ccc2c(c1)CC(CNC(=O)OC(C)(C)C)O2. The van der Waals surface area contributed by atoms with Crippen molar-refractivity contribution in [2.45, 2.75) is 45.8 Å². The first-order valence-electron chi connectivity index (χ1n) is 8.76. The van der Waals surface area contributed by atoms with E-state index in [1.807, 2.05) is 32.9 Å². The monoisotopic (exact) mass is 350 g/mol. The van der Waals surface area contributed by atoms with Crippen molar-refractivity contribution in [3.05, 3.63) is 23.8 Å². The molecule has 0 saturated carbocycles. The van der Waals surface area contributed by atoms with E-state index >= 15 is 0 Å². The molecule has 0 radical (unpaired) electrons. The predicted molar refractivity (Wildman–Crippen MR) is 98.3 cm³/mol. The first-order chi connectivity index (χ1) is 11.8. The summed E-state index contributed by atoms with van der Waals surface area (Å²) in [5, 5.41) is 6.19. The van der Waals surface area contributed by atoms with Crippen LogP contribution in [0.4, 0.5) is 10.5 Å². The molecule has 1 aliphatic rings. The number of nitrogens with one attached hydrogen (secondary N) is 2. The van der Waals surface area contributed by atoms with Gasteiger partial charge in [-0.1, -0.05) is 6.92 Å². The second-order valence-electron chi connectivity index (χ2n) is 7.59. The summed E-state index contributed by atoms with van der Waals surface area (Å²) in [4.78, 5) is 11.7. The number of fused-ring (bicyclic) bond motifs is 1. The lowest BCUT2D eigenvalue weighted by Gasteiger charge is -2.20. The number of benzene rings is 1. The Morgan fingerprint density at radius 3 is 2.84 bits per heavy atom. The molecule has 0 aliphatic carbocycles. The Kier molecular flexibility index (Phi) is 6.53. The molecular weight excluding hydrogens is 320 g/mol. The summed E-state index contributed by atoms with van der Waals surface area (Å²) in [6, 6.07) is 6.11. The van der Waals surface area contributed by atoms with Gasteiger partial charge in [0.05, 0.1) is 13.2 Å². The third-order valence-electron chi connectivity index (χ3n) is 3.78. The second-order valence-corrected chi connectivity index (χ2v) is 7.59. The number of alkyl carbamates (subject to hydrolysis) is 1. The van der Waals surface area contributed by atoms with Crippen molar-refractivity contribution >= 4 is 11.8 Å². The van der Waals surface area contributed by atoms with Crippen LogP contribution in [0, 0.1) is 5.92 Å². The molecule has 0 spiro atoms. The van der Waals surface area contributed by atoms with Gasteiger partial charge >= 0.3 is 6.09 Å². The minimum atomic E-state index is -0.496. The lowest BCUT2D eigenvalue weighted by atomic mass is 10.1. The molecule has 6 nitrogen and oxygen atoms in total. The molecule has 2 rings (SSSR count). The van der Waals surface area contributed by atoms with Crippen molar-refractivity contribution in [2.24, 2.45) is 5.92 Å². The van der Waals surface area contributed by atoms with Crippen molar-refractivity contribution < 1.29 is 19.0 Å². The van der Waals surface area contributed by atoms with Crippen molar-refractivity contribution in [1.82, 2.24) is 5.32 Å². The zero-order valence-corrected chi connectivity index (χ0v) is 15.8. The number of hydrogen-bond donors (Lipinski definition) is 2. The van der Waals surface area contributed by atoms with Gasteiger partial charge in [0, 0.05) is 25.8 Å². The van der Waals surface area contributed by atoms with E-state index < -0.39 is 11.7 Å². The Hall–Kier alpha value is -1.95. The highest BCUT2D eigenvalue weighted by Gasteiger charge is 2.24. The van der Waals surface area contributed by atoms with Crippen LogP contribution in [-0.2, 0) is 15.9 Å². The van der Waals surface area contributed by atoms with Gasteiger partial charge in [0.1, 0.15) is 17.5 Å². The molecule has 1 aliphatic heterocycles. The number of anilines is 1. The van der Waals surface area contributed by atoms with Gasteiger partial charge in [0.15, 0.2) is 0 Å². The number of carbonyl (C=O) groups excluding carboxylic acids is 1. The zero-order valence-electron chi connectivity index (χ0n) is 15.8. The maximum Gasteiger partial charge on any atom is 0.407 e. The topological polar surface area (TPSA) is 68.8 Å². The third kappa shape index (κ3) is 6.46. The number of methoxy groups -OCH3 is 1. The fourth-order valence-electron chi connectivity index (χ4n) is 2.69. The predicted octanol–water partition coefficient (Wildman–Crippen LogP) is 3.21. The van der Waals surface area contributed by atoms with E-state index in [4.69, 9.17) is 14.2 Å². The van der Waals surface area contributed by atoms with Crippen LogP contribution in [0.25, 0.3) is 0 Å². The van der Waals surface area contributed by atoms with Crippen LogP contribution in [0.2, 0.25) is 0 Å². The summed E-state index contributed by atoms with van der Waals surface area (Å²) in [6.07, 6.45) is 0.292. The van der Waals surface area contributed by atoms with E-state index in [9.17, 15) is 4.79 Å². The molecule has 1 aromatic carbocycles. The van der Waals surface area contributed by atoms with Gasteiger partial charge < -0.3 is 24.8 Å². The van der Waals surface area contributed by atoms with Crippen LogP contribution in [0.15, 0.2) is 18.2 Å². The summed E-state index contributed by atoms with van der Waals surface area (Å²) < 4.78 is 16.3. The third-order valence-corrected chi connectivity index (χ3v) is 3.78. The zero-order chi connectivity index (χ0) is 18.4. The number of ether oxygens (including phenoxy) is 3. The summed E-state index contributed by atoms with van der Waals surface area (Å²) in [7, 11) is 1.72. The molecule has 6 heteroatoms. The molecule has 0 saturated heterocycles. The van der Waals surface area contributed by atoms with Gasteiger partial charge in [0.2, 0.25) is 0 Å². The van der Waals surface area contributed by atoms with E-state index in [1.165, 1.54) is 0 Å². The standard InChI is InChI=1S/C19H30N2O4/c1-13(12-23-5)10-20-15-6-7-17-14(8-15)9-16(24-17)11-21-18(22)25-19(2,3)4/h6-8,13,16,20H,9-12H2,1-5H3,(H,21,22). The van der Waals surface area contributed by atoms with E-state index in [0.29, 0.717) is 12.5 Å². The van der Waals surface area contributed by atoms with Crippen LogP contribution in [0.3, 0.4) is 0 Å². The van der Waals surface area contributed by atoms with E-state index in [0.717, 1.165) is 36.6 Å². The number of carbonyl (C=O) groups is 1. The highest BCUT2D eigenvalue weighted by atomic mass is 16.6. The molecule has 1 aromatic rings. The summed E-state index contributed by atoms with van der Waals surface area (Å²) >= 11 is 0. The van der Waals surface area contributed by atoms with Crippen molar-refractivity contribution in [3.63, 3.8) is 0 Å². The van der Waals surface area contributed by atoms with E-state index in [2.05, 4.69) is 23.6 Å². The summed E-state index contributed by atoms with van der Waals surface area (Å²) in [6.45, 7) is 9.70. The molecule has 0 fully saturated rings. The molecule has 140 valence electrons. The number of rotatable bonds is 7. The lowest BCUT2D eigenvalue weighted by Crippen LogP contribution is -2.38. The smallest absolute Gasteiger partial charge is 0.407 e. The molecule has 2 atom stereocenters. The van der Waals surface area contributed by atoms with Crippen LogP contribution in [-0.4, -0.2) is 44.6 Å². The second kappa shape index (κ2) is 8.43. The van der Waals surface area contributed by atoms with Crippen LogP contribution in [0.1, 0.15) is 33.3 Å². The van der Waals surface area contributed by atoms with Crippen molar-refractivity contribution in [1.29, 1.82) is 0 Å². The molecule has 0 bridgehead atoms. The van der Waals surface area contributed by atoms with Crippen LogP contribution >= 0.6 is 0 Å². The Labute approximate surface area is 150 Å². The van der Waals surface area contributed by atoms with Gasteiger partial charge in [-0.15, -0.1) is 0 Å². The largest absolute Gasteiger partial charge is 0.488 e. The Morgan fingerprint density at radius 1 is 1.40 bits per heavy atom. The van der Waals surface area contributed by atoms with Gasteiger partial charge in [-0.3, -0.25) is 0 Å². The minimum Gasteiger partial charge on any atom is -0.488 e. The maximum absolute atomic E-state index is 11.7. The molecule has 25 heavy (non-hydrogen) atoms. The fraction of sp³-hybridized carbons (Fsp3) is 0.632. The van der Waals surface area contributed by atoms with E-state index in [-0.39, 0.29) is 6.10 Å². The van der Waals surface area contributed by atoms with Gasteiger partial charge in [-0.25, -0.2) is 4.79 Å². The quantitative estimate of drug-likeness (QED) is 0.790. The van der Waals surface area contributed by atoms with Gasteiger partial charge in [-0.2, -0.15) is 0 Å². The Bertz CT molecular complexity index is 583. The first-order valence-corrected chi connectivity index (χ1v) is 8.76. The Balaban J connectivity index is 1.81. The number of amides is 1. The molecule has 1 amide bonds. The van der Waals surface area contributed by atoms with Crippen LogP contribution < -0.4 is 15.4 Å². The van der Waals surface area contributed by atoms with Gasteiger partial charge in [-0.05, 0) is 50.5 Å². The average molecular weight is 350 g/mol. The highest BCUT2D eigenvalue weighted by molar-refractivity contribution is 5.67. The molecular formula is C19H30N2O4. The maximum atomic E-state index is 11.7. The van der Waals surface area contributed by atoms with E-state index in [1.54, 1.807) is 7.11 Å². The molecule has 0 aromatic heterocycles. The fourth-order valence-corrected chi connectivity index (χ4v) is 2.69. The minimum absolute atomic E-state index is 0.0646. The van der Waals surface area contributed by atoms with Crippen LogP contribution in [0.5, 0.6) is 5.75 Å². The summed E-state index contributed by atoms with van der Waals surface area (Å²) in [5.41, 5.74) is 1.73. The average Bonchev–Trinajstić information content (AvgIpc) is 2.91. The normalized spacial score (nSPS) is 17.4. The summed E-state index contributed by atoms with van der Waals surface area (Å²) in [5.74, 6) is 1.33. The first kappa shape index (κ1) is 19.4. The van der Waals surface area contributed by atoms with Crippen molar-refractivity contribution in [3.8, 4) is 5.75 Å². The Morgan fingerprint density at radius 2 is 2.16 bits per heavy atom. The van der Waals surface area contributed by atoms with Gasteiger partial charge in [0.25, 0.3) is 0 Å². The molecule has 2 unspecified atom stereocenters. The highest BCUT2D eigenvalue weighted by Crippen LogP contribution is 2.31. The van der Waals surface area contributed by atoms with Crippen molar-refractivity contribution in [2.75, 3.05) is 32.1 Å². The molecule has 1 heterocycles. The lowest BCUT2D eigenvalue weighted by molar-refractivity contribution is 0.0506. The number of hydrogen-bond acceptors (Lipinski definition) is 5.